The van der Waals surface area contributed by atoms with Crippen molar-refractivity contribution in [3.63, 3.8) is 0 Å². The number of aromatic nitrogens is 2. The number of hydrogen-bond acceptors (Lipinski definition) is 2. The first-order valence-electron chi connectivity index (χ1n) is 6.26. The SMILES string of the molecule is CN(Cc1nccn1C)c1ccc(CCl)c(C(F)(F)F)c1. The first-order chi connectivity index (χ1) is 9.82. The van der Waals surface area contributed by atoms with Crippen molar-refractivity contribution in [2.24, 2.45) is 7.05 Å². The number of alkyl halides is 4. The van der Waals surface area contributed by atoms with Crippen LogP contribution in [0.25, 0.3) is 0 Å². The Morgan fingerprint density at radius 3 is 2.57 bits per heavy atom. The Morgan fingerprint density at radius 2 is 2.05 bits per heavy atom. The molecule has 3 nitrogen and oxygen atoms in total. The molecule has 0 saturated heterocycles. The monoisotopic (exact) mass is 317 g/mol. The molecule has 0 bridgehead atoms. The van der Waals surface area contributed by atoms with Gasteiger partial charge in [0.25, 0.3) is 0 Å². The van der Waals surface area contributed by atoms with Crippen LogP contribution in [0.5, 0.6) is 0 Å². The summed E-state index contributed by atoms with van der Waals surface area (Å²) >= 11 is 5.58. The molecule has 0 amide bonds. The summed E-state index contributed by atoms with van der Waals surface area (Å²) in [5.41, 5.74) is -0.140. The Kier molecular flexibility index (Phi) is 4.46. The van der Waals surface area contributed by atoms with E-state index >= 15 is 0 Å². The zero-order valence-electron chi connectivity index (χ0n) is 11.7. The lowest BCUT2D eigenvalue weighted by Gasteiger charge is -2.21. The van der Waals surface area contributed by atoms with Crippen LogP contribution in [0.2, 0.25) is 0 Å². The minimum Gasteiger partial charge on any atom is -0.367 e. The van der Waals surface area contributed by atoms with E-state index < -0.39 is 11.7 Å². The third kappa shape index (κ3) is 3.50. The summed E-state index contributed by atoms with van der Waals surface area (Å²) in [4.78, 5) is 5.88. The molecule has 0 spiro atoms. The fraction of sp³-hybridized carbons (Fsp3) is 0.357. The predicted octanol–water partition coefficient (Wildman–Crippen LogP) is 3.81. The number of hydrogen-bond donors (Lipinski definition) is 0. The van der Waals surface area contributed by atoms with Gasteiger partial charge in [0, 0.05) is 38.1 Å². The van der Waals surface area contributed by atoms with E-state index in [1.807, 2.05) is 11.6 Å². The molecule has 21 heavy (non-hydrogen) atoms. The lowest BCUT2D eigenvalue weighted by Crippen LogP contribution is -2.20. The van der Waals surface area contributed by atoms with Crippen molar-refractivity contribution in [3.05, 3.63) is 47.5 Å². The van der Waals surface area contributed by atoms with Gasteiger partial charge in [-0.05, 0) is 17.7 Å². The number of benzene rings is 1. The standard InChI is InChI=1S/C14H15ClF3N3/c1-20-6-5-19-13(20)9-21(2)11-4-3-10(8-15)12(7-11)14(16,17)18/h3-7H,8-9H2,1-2H3. The highest BCUT2D eigenvalue weighted by molar-refractivity contribution is 6.17. The maximum atomic E-state index is 13.0. The minimum absolute atomic E-state index is 0.0818. The van der Waals surface area contributed by atoms with E-state index in [9.17, 15) is 13.2 Å². The maximum absolute atomic E-state index is 13.0. The highest BCUT2D eigenvalue weighted by Crippen LogP contribution is 2.35. The molecule has 0 fully saturated rings. The lowest BCUT2D eigenvalue weighted by molar-refractivity contribution is -0.138. The molecule has 0 N–H and O–H groups in total. The van der Waals surface area contributed by atoms with Gasteiger partial charge >= 0.3 is 6.18 Å². The first-order valence-corrected chi connectivity index (χ1v) is 6.80. The van der Waals surface area contributed by atoms with Gasteiger partial charge in [0.2, 0.25) is 0 Å². The van der Waals surface area contributed by atoms with Crippen LogP contribution in [-0.4, -0.2) is 16.6 Å². The second-order valence-electron chi connectivity index (χ2n) is 4.78. The number of imidazole rings is 1. The Labute approximate surface area is 126 Å². The molecule has 1 aromatic carbocycles. The molecule has 1 aromatic heterocycles. The number of nitrogens with zero attached hydrogens (tertiary/aromatic N) is 3. The molecule has 0 atom stereocenters. The molecular weight excluding hydrogens is 303 g/mol. The second-order valence-corrected chi connectivity index (χ2v) is 5.05. The van der Waals surface area contributed by atoms with Crippen LogP contribution < -0.4 is 4.90 Å². The highest BCUT2D eigenvalue weighted by atomic mass is 35.5. The number of anilines is 1. The second kappa shape index (κ2) is 5.97. The number of aryl methyl sites for hydroxylation is 1. The smallest absolute Gasteiger partial charge is 0.367 e. The Hall–Kier alpha value is -1.69. The molecule has 0 saturated carbocycles. The van der Waals surface area contributed by atoms with E-state index in [-0.39, 0.29) is 11.4 Å². The average Bonchev–Trinajstić information content (AvgIpc) is 2.82. The first kappa shape index (κ1) is 15.7. The highest BCUT2D eigenvalue weighted by Gasteiger charge is 2.33. The summed E-state index contributed by atoms with van der Waals surface area (Å²) in [5, 5.41) is 0. The van der Waals surface area contributed by atoms with Gasteiger partial charge in [-0.2, -0.15) is 13.2 Å². The fourth-order valence-electron chi connectivity index (χ4n) is 2.03. The molecule has 2 aromatic rings. The summed E-state index contributed by atoms with van der Waals surface area (Å²) < 4.78 is 40.9. The maximum Gasteiger partial charge on any atom is 0.416 e. The summed E-state index contributed by atoms with van der Waals surface area (Å²) in [6.45, 7) is 0.418. The Balaban J connectivity index is 2.30. The van der Waals surface area contributed by atoms with Crippen LogP contribution in [-0.2, 0) is 25.6 Å². The van der Waals surface area contributed by atoms with Gasteiger partial charge in [-0.3, -0.25) is 0 Å². The summed E-state index contributed by atoms with van der Waals surface area (Å²) in [7, 11) is 3.57. The van der Waals surface area contributed by atoms with Crippen molar-refractivity contribution in [1.82, 2.24) is 9.55 Å². The summed E-state index contributed by atoms with van der Waals surface area (Å²) in [5.74, 6) is 0.602. The van der Waals surface area contributed by atoms with Crippen molar-refractivity contribution in [1.29, 1.82) is 0 Å². The molecule has 0 aliphatic rings. The van der Waals surface area contributed by atoms with E-state index in [0.29, 0.717) is 12.2 Å². The lowest BCUT2D eigenvalue weighted by atomic mass is 10.1. The fourth-order valence-corrected chi connectivity index (χ4v) is 2.27. The molecule has 114 valence electrons. The minimum atomic E-state index is -4.41. The van der Waals surface area contributed by atoms with Gasteiger partial charge in [-0.1, -0.05) is 6.07 Å². The van der Waals surface area contributed by atoms with E-state index in [4.69, 9.17) is 11.6 Å². The van der Waals surface area contributed by atoms with Crippen molar-refractivity contribution in [3.8, 4) is 0 Å². The van der Waals surface area contributed by atoms with Crippen LogP contribution in [0.4, 0.5) is 18.9 Å². The molecule has 1 heterocycles. The van der Waals surface area contributed by atoms with Crippen molar-refractivity contribution in [2.45, 2.75) is 18.6 Å². The van der Waals surface area contributed by atoms with Crippen LogP contribution in [0.3, 0.4) is 0 Å². The van der Waals surface area contributed by atoms with E-state index in [2.05, 4.69) is 4.98 Å². The van der Waals surface area contributed by atoms with Crippen LogP contribution in [0, 0.1) is 0 Å². The van der Waals surface area contributed by atoms with Gasteiger partial charge in [0.15, 0.2) is 0 Å². The van der Waals surface area contributed by atoms with Crippen molar-refractivity contribution in [2.75, 3.05) is 11.9 Å². The quantitative estimate of drug-likeness (QED) is 0.799. The van der Waals surface area contributed by atoms with Crippen LogP contribution in [0.15, 0.2) is 30.6 Å². The van der Waals surface area contributed by atoms with E-state index in [1.165, 1.54) is 6.07 Å². The average molecular weight is 318 g/mol. The van der Waals surface area contributed by atoms with Gasteiger partial charge in [0.05, 0.1) is 12.1 Å². The number of halogens is 4. The summed E-state index contributed by atoms with van der Waals surface area (Å²) in [6.07, 6.45) is -0.966. The summed E-state index contributed by atoms with van der Waals surface area (Å²) in [6, 6.07) is 4.18. The molecule has 0 aliphatic carbocycles. The normalized spacial score (nSPS) is 11.7. The number of rotatable bonds is 4. The molecule has 0 unspecified atom stereocenters. The van der Waals surface area contributed by atoms with Gasteiger partial charge < -0.3 is 9.47 Å². The van der Waals surface area contributed by atoms with Crippen LogP contribution >= 0.6 is 11.6 Å². The zero-order valence-corrected chi connectivity index (χ0v) is 12.4. The largest absolute Gasteiger partial charge is 0.416 e. The molecule has 0 aliphatic heterocycles. The zero-order chi connectivity index (χ0) is 15.6. The predicted molar refractivity (Wildman–Crippen MR) is 76.3 cm³/mol. The molecule has 2 rings (SSSR count). The van der Waals surface area contributed by atoms with Gasteiger partial charge in [-0.15, -0.1) is 11.6 Å². The molecule has 0 radical (unpaired) electrons. The van der Waals surface area contributed by atoms with E-state index in [0.717, 1.165) is 11.9 Å². The van der Waals surface area contributed by atoms with Crippen molar-refractivity contribution >= 4 is 17.3 Å². The third-order valence-electron chi connectivity index (χ3n) is 3.28. The van der Waals surface area contributed by atoms with Gasteiger partial charge in [0.1, 0.15) is 5.82 Å². The van der Waals surface area contributed by atoms with Gasteiger partial charge in [-0.25, -0.2) is 4.98 Å². The van der Waals surface area contributed by atoms with Crippen molar-refractivity contribution < 1.29 is 13.2 Å². The topological polar surface area (TPSA) is 21.1 Å². The van der Waals surface area contributed by atoms with Crippen LogP contribution in [0.1, 0.15) is 17.0 Å². The third-order valence-corrected chi connectivity index (χ3v) is 3.57. The Bertz CT molecular complexity index is 622. The molecular formula is C14H15ClF3N3. The van der Waals surface area contributed by atoms with E-state index in [1.54, 1.807) is 30.4 Å². The molecule has 7 heteroatoms. The Morgan fingerprint density at radius 1 is 1.33 bits per heavy atom.